The highest BCUT2D eigenvalue weighted by molar-refractivity contribution is 6.76. The molecule has 168 valence electrons. The number of carbonyl (C=O) groups excluding carboxylic acids is 1. The molecule has 0 radical (unpaired) electrons. The molecule has 0 aliphatic heterocycles. The van der Waals surface area contributed by atoms with Crippen LogP contribution in [0.2, 0.25) is 25.7 Å². The first-order valence-electron chi connectivity index (χ1n) is 11.1. The minimum absolute atomic E-state index is 0.361. The fourth-order valence-corrected chi connectivity index (χ4v) is 4.53. The smallest absolute Gasteiger partial charge is 0.325 e. The van der Waals surface area contributed by atoms with Crippen LogP contribution in [-0.2, 0) is 15.1 Å². The molecule has 2 N–H and O–H groups in total. The van der Waals surface area contributed by atoms with Gasteiger partial charge < -0.3 is 9.84 Å². The van der Waals surface area contributed by atoms with E-state index in [1.54, 1.807) is 0 Å². The largest absolute Gasteiger partial charge is 0.465 e. The topological polar surface area (TPSA) is 58.6 Å². The van der Waals surface area contributed by atoms with Gasteiger partial charge in [0.2, 0.25) is 0 Å². The van der Waals surface area contributed by atoms with E-state index in [1.807, 2.05) is 91.0 Å². The van der Waals surface area contributed by atoms with Crippen LogP contribution < -0.4 is 5.32 Å². The molecule has 0 amide bonds. The number of hydrogen-bond acceptors (Lipinski definition) is 4. The Morgan fingerprint density at radius 2 is 1.25 bits per heavy atom. The predicted molar refractivity (Wildman–Crippen MR) is 132 cm³/mol. The number of nitrogens with one attached hydrogen (secondary N) is 1. The molecule has 0 spiro atoms. The number of aliphatic hydroxyl groups excluding tert-OH is 1. The molecule has 0 aliphatic carbocycles. The van der Waals surface area contributed by atoms with E-state index >= 15 is 0 Å². The molecular formula is C27H33NO3Si. The van der Waals surface area contributed by atoms with Crippen LogP contribution in [0.4, 0.5) is 0 Å². The molecule has 32 heavy (non-hydrogen) atoms. The van der Waals surface area contributed by atoms with E-state index < -0.39 is 25.6 Å². The summed E-state index contributed by atoms with van der Waals surface area (Å²) in [6, 6.07) is 30.1. The van der Waals surface area contributed by atoms with Crippen LogP contribution in [0.5, 0.6) is 0 Å². The van der Waals surface area contributed by atoms with Gasteiger partial charge in [0, 0.05) is 8.07 Å². The number of benzene rings is 3. The number of carbonyl (C=O) groups is 1. The number of rotatable bonds is 10. The lowest BCUT2D eigenvalue weighted by Crippen LogP contribution is -2.54. The predicted octanol–water partition coefficient (Wildman–Crippen LogP) is 4.81. The SMILES string of the molecule is C[Si](C)(C)CCOC(=O)[C@@H](CO)NC(c1ccccc1)(c1ccccc1)c1ccccc1. The molecule has 3 rings (SSSR count). The Balaban J connectivity index is 2.05. The van der Waals surface area contributed by atoms with E-state index in [0.29, 0.717) is 6.61 Å². The first-order chi connectivity index (χ1) is 15.4. The third-order valence-corrected chi connectivity index (χ3v) is 7.28. The summed E-state index contributed by atoms with van der Waals surface area (Å²) in [5.41, 5.74) is 2.09. The summed E-state index contributed by atoms with van der Waals surface area (Å²) in [7, 11) is -1.33. The number of esters is 1. The zero-order valence-corrected chi connectivity index (χ0v) is 20.1. The number of aliphatic hydroxyl groups is 1. The van der Waals surface area contributed by atoms with Gasteiger partial charge in [-0.1, -0.05) is 111 Å². The molecule has 0 unspecified atom stereocenters. The van der Waals surface area contributed by atoms with Crippen LogP contribution in [0.25, 0.3) is 0 Å². The first kappa shape index (κ1) is 23.9. The van der Waals surface area contributed by atoms with Gasteiger partial charge in [-0.05, 0) is 22.7 Å². The van der Waals surface area contributed by atoms with Crippen molar-refractivity contribution in [3.8, 4) is 0 Å². The Labute approximate surface area is 192 Å². The van der Waals surface area contributed by atoms with Crippen molar-refractivity contribution in [1.29, 1.82) is 0 Å². The molecule has 4 nitrogen and oxygen atoms in total. The fraction of sp³-hybridized carbons (Fsp3) is 0.296. The summed E-state index contributed by atoms with van der Waals surface area (Å²) < 4.78 is 5.60. The van der Waals surface area contributed by atoms with E-state index in [-0.39, 0.29) is 6.61 Å². The summed E-state index contributed by atoms with van der Waals surface area (Å²) >= 11 is 0. The van der Waals surface area contributed by atoms with Crippen LogP contribution >= 0.6 is 0 Å². The second kappa shape index (κ2) is 10.7. The lowest BCUT2D eigenvalue weighted by atomic mass is 9.76. The summed E-state index contributed by atoms with van der Waals surface area (Å²) in [5, 5.41) is 13.7. The normalized spacial score (nSPS) is 12.9. The van der Waals surface area contributed by atoms with Gasteiger partial charge in [-0.25, -0.2) is 0 Å². The highest BCUT2D eigenvalue weighted by Gasteiger charge is 2.40. The van der Waals surface area contributed by atoms with Gasteiger partial charge in [0.25, 0.3) is 0 Å². The molecule has 0 bridgehead atoms. The maximum atomic E-state index is 13.0. The standard InChI is InChI=1S/C27H33NO3Si/c1-32(2,3)20-19-31-26(30)25(21-29)28-27(22-13-7-4-8-14-22,23-15-9-5-10-16-23)24-17-11-6-12-18-24/h4-18,25,28-29H,19-21H2,1-3H3/t25-/m1/s1. The summed E-state index contributed by atoms with van der Waals surface area (Å²) in [5.74, 6) is -0.432. The maximum absolute atomic E-state index is 13.0. The molecule has 0 heterocycles. The van der Waals surface area contributed by atoms with Crippen LogP contribution in [0.15, 0.2) is 91.0 Å². The van der Waals surface area contributed by atoms with Gasteiger partial charge in [-0.3, -0.25) is 10.1 Å². The van der Waals surface area contributed by atoms with Crippen molar-refractivity contribution in [2.45, 2.75) is 37.3 Å². The number of ether oxygens (including phenoxy) is 1. The van der Waals surface area contributed by atoms with Gasteiger partial charge in [0.05, 0.1) is 18.8 Å². The molecule has 0 aliphatic rings. The molecule has 1 atom stereocenters. The summed E-state index contributed by atoms with van der Waals surface area (Å²) in [4.78, 5) is 13.0. The highest BCUT2D eigenvalue weighted by Crippen LogP contribution is 2.37. The summed E-state index contributed by atoms with van der Waals surface area (Å²) in [6.07, 6.45) is 0. The van der Waals surface area contributed by atoms with Crippen LogP contribution in [0.1, 0.15) is 16.7 Å². The van der Waals surface area contributed by atoms with E-state index in [4.69, 9.17) is 4.74 Å². The van der Waals surface area contributed by atoms with Gasteiger partial charge >= 0.3 is 5.97 Å². The van der Waals surface area contributed by atoms with Gasteiger partial charge in [-0.2, -0.15) is 0 Å². The second-order valence-corrected chi connectivity index (χ2v) is 14.8. The van der Waals surface area contributed by atoms with E-state index in [9.17, 15) is 9.90 Å². The Morgan fingerprint density at radius 3 is 1.59 bits per heavy atom. The molecule has 3 aromatic carbocycles. The zero-order valence-electron chi connectivity index (χ0n) is 19.1. The first-order valence-corrected chi connectivity index (χ1v) is 14.8. The van der Waals surface area contributed by atoms with E-state index in [1.165, 1.54) is 0 Å². The lowest BCUT2D eigenvalue weighted by molar-refractivity contribution is -0.147. The zero-order chi connectivity index (χ0) is 23.0. The van der Waals surface area contributed by atoms with Crippen LogP contribution in [-0.4, -0.2) is 38.4 Å². The van der Waals surface area contributed by atoms with Crippen molar-refractivity contribution < 1.29 is 14.6 Å². The van der Waals surface area contributed by atoms with Crippen molar-refractivity contribution in [2.24, 2.45) is 0 Å². The minimum atomic E-state index is -1.33. The second-order valence-electron chi connectivity index (χ2n) is 9.21. The van der Waals surface area contributed by atoms with E-state index in [0.717, 1.165) is 22.7 Å². The average molecular weight is 448 g/mol. The molecule has 3 aromatic rings. The Bertz CT molecular complexity index is 875. The quantitative estimate of drug-likeness (QED) is 0.266. The molecular weight excluding hydrogens is 414 g/mol. The molecule has 5 heteroatoms. The van der Waals surface area contributed by atoms with Crippen molar-refractivity contribution in [3.63, 3.8) is 0 Å². The van der Waals surface area contributed by atoms with Gasteiger partial charge in [0.1, 0.15) is 6.04 Å². The Hall–Kier alpha value is -2.73. The lowest BCUT2D eigenvalue weighted by Gasteiger charge is -2.39. The third kappa shape index (κ3) is 5.74. The van der Waals surface area contributed by atoms with Gasteiger partial charge in [0.15, 0.2) is 0 Å². The highest BCUT2D eigenvalue weighted by atomic mass is 28.3. The summed E-state index contributed by atoms with van der Waals surface area (Å²) in [6.45, 7) is 6.75. The fourth-order valence-electron chi connectivity index (χ4n) is 3.81. The molecule has 0 saturated heterocycles. The van der Waals surface area contributed by atoms with Crippen LogP contribution in [0, 0.1) is 0 Å². The maximum Gasteiger partial charge on any atom is 0.325 e. The molecule has 0 aromatic heterocycles. The number of hydrogen-bond donors (Lipinski definition) is 2. The van der Waals surface area contributed by atoms with E-state index in [2.05, 4.69) is 25.0 Å². The van der Waals surface area contributed by atoms with Gasteiger partial charge in [-0.15, -0.1) is 0 Å². The van der Waals surface area contributed by atoms with Crippen molar-refractivity contribution >= 4 is 14.0 Å². The van der Waals surface area contributed by atoms with Crippen LogP contribution in [0.3, 0.4) is 0 Å². The Kier molecular flexibility index (Phi) is 8.02. The average Bonchev–Trinajstić information content (AvgIpc) is 2.81. The van der Waals surface area contributed by atoms with Crippen molar-refractivity contribution in [1.82, 2.24) is 5.32 Å². The molecule has 0 fully saturated rings. The third-order valence-electron chi connectivity index (χ3n) is 5.57. The van der Waals surface area contributed by atoms with Crippen molar-refractivity contribution in [3.05, 3.63) is 108 Å². The monoisotopic (exact) mass is 447 g/mol. The van der Waals surface area contributed by atoms with Crippen molar-refractivity contribution in [2.75, 3.05) is 13.2 Å². The molecule has 0 saturated carbocycles. The minimum Gasteiger partial charge on any atom is -0.465 e. The Morgan fingerprint density at radius 1 is 0.844 bits per heavy atom.